The third-order valence-corrected chi connectivity index (χ3v) is 3.69. The van der Waals surface area contributed by atoms with E-state index in [1.165, 1.54) is 5.56 Å². The van der Waals surface area contributed by atoms with Crippen LogP contribution in [0.15, 0.2) is 71.7 Å². The third-order valence-electron chi connectivity index (χ3n) is 3.16. The zero-order chi connectivity index (χ0) is 14.5. The van der Waals surface area contributed by atoms with E-state index in [4.69, 9.17) is 0 Å². The Labute approximate surface area is 132 Å². The highest BCUT2D eigenvalue weighted by Crippen LogP contribution is 2.21. The van der Waals surface area contributed by atoms with Crippen LogP contribution in [-0.2, 0) is 6.54 Å². The second-order valence-electron chi connectivity index (χ2n) is 4.68. The van der Waals surface area contributed by atoms with Gasteiger partial charge in [0.25, 0.3) is 0 Å². The number of nitrogens with zero attached hydrogens (tertiary/aromatic N) is 2. The molecule has 1 N–H and O–H groups in total. The minimum Gasteiger partial charge on any atom is -0.380 e. The molecule has 3 rings (SSSR count). The number of hydrogen-bond acceptors (Lipinski definition) is 3. The van der Waals surface area contributed by atoms with Gasteiger partial charge >= 0.3 is 0 Å². The van der Waals surface area contributed by atoms with Gasteiger partial charge in [0.05, 0.1) is 5.69 Å². The Balaban J connectivity index is 1.73. The van der Waals surface area contributed by atoms with Crippen LogP contribution < -0.4 is 5.32 Å². The van der Waals surface area contributed by atoms with E-state index in [0.717, 1.165) is 27.8 Å². The lowest BCUT2D eigenvalue weighted by Crippen LogP contribution is -1.99. The maximum absolute atomic E-state index is 4.30. The van der Waals surface area contributed by atoms with Crippen molar-refractivity contribution in [1.82, 2.24) is 9.97 Å². The quantitative estimate of drug-likeness (QED) is 0.759. The Morgan fingerprint density at radius 2 is 1.62 bits per heavy atom. The smallest absolute Gasteiger partial charge is 0.0535 e. The molecule has 0 saturated carbocycles. The predicted octanol–water partition coefficient (Wildman–Crippen LogP) is 4.52. The first-order valence-corrected chi connectivity index (χ1v) is 7.44. The monoisotopic (exact) mass is 339 g/mol. The summed E-state index contributed by atoms with van der Waals surface area (Å²) in [7, 11) is 0. The van der Waals surface area contributed by atoms with E-state index in [-0.39, 0.29) is 0 Å². The summed E-state index contributed by atoms with van der Waals surface area (Å²) in [5, 5.41) is 3.40. The van der Waals surface area contributed by atoms with Crippen molar-refractivity contribution in [3.8, 4) is 11.1 Å². The molecule has 0 unspecified atom stereocenters. The van der Waals surface area contributed by atoms with Crippen LogP contribution in [0.3, 0.4) is 0 Å². The summed E-state index contributed by atoms with van der Waals surface area (Å²) in [6.45, 7) is 0.773. The second kappa shape index (κ2) is 6.50. The highest BCUT2D eigenvalue weighted by atomic mass is 79.9. The van der Waals surface area contributed by atoms with Gasteiger partial charge in [-0.25, -0.2) is 0 Å². The maximum atomic E-state index is 4.30. The molecule has 4 heteroatoms. The largest absolute Gasteiger partial charge is 0.380 e. The van der Waals surface area contributed by atoms with Gasteiger partial charge in [0.1, 0.15) is 0 Å². The molecule has 0 aliphatic carbocycles. The van der Waals surface area contributed by atoms with Crippen molar-refractivity contribution in [2.75, 3.05) is 5.32 Å². The maximum Gasteiger partial charge on any atom is 0.0535 e. The first-order chi connectivity index (χ1) is 10.3. The van der Waals surface area contributed by atoms with E-state index in [0.29, 0.717) is 0 Å². The van der Waals surface area contributed by atoms with Crippen molar-refractivity contribution in [3.05, 3.63) is 77.3 Å². The van der Waals surface area contributed by atoms with Gasteiger partial charge in [-0.3, -0.25) is 9.97 Å². The van der Waals surface area contributed by atoms with E-state index in [2.05, 4.69) is 49.4 Å². The molecule has 0 radical (unpaired) electrons. The van der Waals surface area contributed by atoms with E-state index in [1.54, 1.807) is 12.4 Å². The number of anilines is 1. The molecule has 0 amide bonds. The fraction of sp³-hybridized carbons (Fsp3) is 0.0588. The molecule has 21 heavy (non-hydrogen) atoms. The van der Waals surface area contributed by atoms with Crippen LogP contribution in [0, 0.1) is 0 Å². The number of aromatic nitrogens is 2. The van der Waals surface area contributed by atoms with Crippen molar-refractivity contribution in [2.45, 2.75) is 6.54 Å². The molecule has 0 aliphatic heterocycles. The second-order valence-corrected chi connectivity index (χ2v) is 5.59. The van der Waals surface area contributed by atoms with Crippen molar-refractivity contribution < 1.29 is 0 Å². The molecule has 2 heterocycles. The van der Waals surface area contributed by atoms with Gasteiger partial charge in [-0.05, 0) is 41.5 Å². The third kappa shape index (κ3) is 3.67. The lowest BCUT2D eigenvalue weighted by molar-refractivity contribution is 1.14. The lowest BCUT2D eigenvalue weighted by atomic mass is 10.1. The van der Waals surface area contributed by atoms with Crippen LogP contribution in [0.2, 0.25) is 0 Å². The molecular weight excluding hydrogens is 326 g/mol. The van der Waals surface area contributed by atoms with Crippen LogP contribution in [0.1, 0.15) is 5.56 Å². The van der Waals surface area contributed by atoms with E-state index < -0.39 is 0 Å². The molecule has 3 nitrogen and oxygen atoms in total. The fourth-order valence-corrected chi connectivity index (χ4v) is 2.31. The zero-order valence-electron chi connectivity index (χ0n) is 11.3. The van der Waals surface area contributed by atoms with Crippen molar-refractivity contribution in [3.63, 3.8) is 0 Å². The summed E-state index contributed by atoms with van der Waals surface area (Å²) in [5.74, 6) is 0. The number of rotatable bonds is 4. The molecule has 0 atom stereocenters. The SMILES string of the molecule is Brc1ccc(CNc2cncc(-c3ccncc3)c2)cc1. The Kier molecular flexibility index (Phi) is 4.26. The summed E-state index contributed by atoms with van der Waals surface area (Å²) >= 11 is 3.44. The van der Waals surface area contributed by atoms with Gasteiger partial charge in [0.15, 0.2) is 0 Å². The number of nitrogens with one attached hydrogen (secondary N) is 1. The number of pyridine rings is 2. The molecule has 0 bridgehead atoms. The Hall–Kier alpha value is -2.20. The molecule has 0 saturated heterocycles. The molecule has 104 valence electrons. The average Bonchev–Trinajstić information content (AvgIpc) is 2.55. The van der Waals surface area contributed by atoms with Gasteiger partial charge in [0.2, 0.25) is 0 Å². The summed E-state index contributed by atoms with van der Waals surface area (Å²) < 4.78 is 1.09. The standard InChI is InChI=1S/C17H14BrN3/c18-16-3-1-13(2-4-16)10-21-17-9-15(11-20-12-17)14-5-7-19-8-6-14/h1-9,11-12,21H,10H2. The Morgan fingerprint density at radius 1 is 0.857 bits per heavy atom. The highest BCUT2D eigenvalue weighted by molar-refractivity contribution is 9.10. The van der Waals surface area contributed by atoms with Crippen LogP contribution in [0.25, 0.3) is 11.1 Å². The van der Waals surface area contributed by atoms with Crippen LogP contribution in [-0.4, -0.2) is 9.97 Å². The normalized spacial score (nSPS) is 10.3. The summed E-state index contributed by atoms with van der Waals surface area (Å²) in [5.41, 5.74) is 4.43. The Bertz CT molecular complexity index is 712. The van der Waals surface area contributed by atoms with Gasteiger partial charge in [0, 0.05) is 41.4 Å². The Morgan fingerprint density at radius 3 is 2.38 bits per heavy atom. The number of halogens is 1. The summed E-state index contributed by atoms with van der Waals surface area (Å²) in [6, 6.07) is 14.3. The van der Waals surface area contributed by atoms with E-state index in [1.807, 2.05) is 36.7 Å². The van der Waals surface area contributed by atoms with Crippen LogP contribution in [0.4, 0.5) is 5.69 Å². The minimum atomic E-state index is 0.773. The average molecular weight is 340 g/mol. The molecule has 0 aliphatic rings. The predicted molar refractivity (Wildman–Crippen MR) is 88.9 cm³/mol. The van der Waals surface area contributed by atoms with E-state index in [9.17, 15) is 0 Å². The number of benzene rings is 1. The first-order valence-electron chi connectivity index (χ1n) is 6.65. The fourth-order valence-electron chi connectivity index (χ4n) is 2.05. The van der Waals surface area contributed by atoms with Gasteiger partial charge in [-0.15, -0.1) is 0 Å². The first kappa shape index (κ1) is 13.8. The van der Waals surface area contributed by atoms with Crippen molar-refractivity contribution in [1.29, 1.82) is 0 Å². The minimum absolute atomic E-state index is 0.773. The molecule has 3 aromatic rings. The van der Waals surface area contributed by atoms with Gasteiger partial charge < -0.3 is 5.32 Å². The summed E-state index contributed by atoms with van der Waals surface area (Å²) in [4.78, 5) is 8.33. The zero-order valence-corrected chi connectivity index (χ0v) is 12.9. The molecule has 0 fully saturated rings. The topological polar surface area (TPSA) is 37.8 Å². The molecule has 2 aromatic heterocycles. The van der Waals surface area contributed by atoms with Crippen LogP contribution >= 0.6 is 15.9 Å². The van der Waals surface area contributed by atoms with Gasteiger partial charge in [-0.1, -0.05) is 28.1 Å². The van der Waals surface area contributed by atoms with Crippen LogP contribution in [0.5, 0.6) is 0 Å². The van der Waals surface area contributed by atoms with Crippen molar-refractivity contribution in [2.24, 2.45) is 0 Å². The molecule has 0 spiro atoms. The van der Waals surface area contributed by atoms with E-state index >= 15 is 0 Å². The number of hydrogen-bond donors (Lipinski definition) is 1. The molecule has 1 aromatic carbocycles. The summed E-state index contributed by atoms with van der Waals surface area (Å²) in [6.07, 6.45) is 7.28. The van der Waals surface area contributed by atoms with Gasteiger partial charge in [-0.2, -0.15) is 0 Å². The lowest BCUT2D eigenvalue weighted by Gasteiger charge is -2.08. The van der Waals surface area contributed by atoms with Crippen molar-refractivity contribution >= 4 is 21.6 Å². The molecular formula is C17H14BrN3. The highest BCUT2D eigenvalue weighted by Gasteiger charge is 2.00.